The van der Waals surface area contributed by atoms with Crippen LogP contribution in [0.1, 0.15) is 0 Å². The molecule has 0 radical (unpaired) electrons. The Morgan fingerprint density at radius 2 is 1.07 bits per heavy atom. The van der Waals surface area contributed by atoms with Crippen molar-refractivity contribution in [1.29, 1.82) is 0 Å². The summed E-state index contributed by atoms with van der Waals surface area (Å²) in [4.78, 5) is 0. The van der Waals surface area contributed by atoms with Crippen molar-refractivity contribution in [2.24, 2.45) is 0 Å². The quantitative estimate of drug-likeness (QED) is 0.315. The van der Waals surface area contributed by atoms with E-state index in [9.17, 15) is 10.0 Å². The molecule has 0 amide bonds. The molecule has 0 aliphatic heterocycles. The maximum Gasteiger partial charge on any atom is 0.489 e. The summed E-state index contributed by atoms with van der Waals surface area (Å²) in [5, 5.41) is 26.1. The van der Waals surface area contributed by atoms with Gasteiger partial charge in [0.25, 0.3) is 0 Å². The molecule has 1 aromatic heterocycles. The maximum atomic E-state index is 10.2. The molecule has 4 heteroatoms. The lowest BCUT2D eigenvalue weighted by atomic mass is 9.72. The van der Waals surface area contributed by atoms with Gasteiger partial charge in [-0.15, -0.1) is 0 Å². The molecule has 142 valence electrons. The molecule has 6 aromatic rings. The highest BCUT2D eigenvalue weighted by molar-refractivity contribution is 6.66. The molecular weight excluding hydrogens is 371 g/mol. The average molecular weight is 388 g/mol. The third kappa shape index (κ3) is 2.41. The van der Waals surface area contributed by atoms with Crippen molar-refractivity contribution in [2.45, 2.75) is 0 Å². The van der Waals surface area contributed by atoms with E-state index in [1.807, 2.05) is 72.8 Å². The van der Waals surface area contributed by atoms with Crippen molar-refractivity contribution in [3.8, 4) is 11.1 Å². The van der Waals surface area contributed by atoms with Gasteiger partial charge in [0.2, 0.25) is 0 Å². The van der Waals surface area contributed by atoms with Crippen LogP contribution in [0, 0.1) is 0 Å². The van der Waals surface area contributed by atoms with Crippen LogP contribution < -0.4 is 5.46 Å². The smallest absolute Gasteiger partial charge is 0.456 e. The standard InChI is InChI=1S/C26H17BO3/c28-27(29)26-20-10-3-1-8-18(20)25(19-9-2-4-11-21(19)26)16-13-14-24-22(15-16)17-7-5-6-12-23(17)30-24/h1-15,28-29H. The van der Waals surface area contributed by atoms with Gasteiger partial charge in [-0.05, 0) is 56.3 Å². The van der Waals surface area contributed by atoms with E-state index in [-0.39, 0.29) is 0 Å². The van der Waals surface area contributed by atoms with Gasteiger partial charge in [0, 0.05) is 10.8 Å². The zero-order valence-electron chi connectivity index (χ0n) is 16.0. The summed E-state index contributed by atoms with van der Waals surface area (Å²) >= 11 is 0. The van der Waals surface area contributed by atoms with Crippen molar-refractivity contribution in [3.63, 3.8) is 0 Å². The van der Waals surface area contributed by atoms with Crippen molar-refractivity contribution in [1.82, 2.24) is 0 Å². The number of rotatable bonds is 2. The Morgan fingerprint density at radius 3 is 1.70 bits per heavy atom. The fraction of sp³-hybridized carbons (Fsp3) is 0. The third-order valence-electron chi connectivity index (χ3n) is 5.90. The van der Waals surface area contributed by atoms with Gasteiger partial charge < -0.3 is 14.5 Å². The van der Waals surface area contributed by atoms with Crippen molar-refractivity contribution >= 4 is 56.1 Å². The lowest BCUT2D eigenvalue weighted by molar-refractivity contribution is 0.426. The Labute approximate surface area is 172 Å². The summed E-state index contributed by atoms with van der Waals surface area (Å²) in [5.74, 6) is 0. The molecule has 0 aliphatic carbocycles. The third-order valence-corrected chi connectivity index (χ3v) is 5.90. The zero-order valence-corrected chi connectivity index (χ0v) is 16.0. The SMILES string of the molecule is OB(O)c1c2ccccc2c(-c2ccc3oc4ccccc4c3c2)c2ccccc12. The fourth-order valence-electron chi connectivity index (χ4n) is 4.63. The molecule has 0 fully saturated rings. The molecule has 0 saturated heterocycles. The van der Waals surface area contributed by atoms with Gasteiger partial charge in [0.05, 0.1) is 0 Å². The molecule has 2 N–H and O–H groups in total. The first kappa shape index (κ1) is 17.3. The second-order valence-electron chi connectivity index (χ2n) is 7.56. The topological polar surface area (TPSA) is 53.6 Å². The van der Waals surface area contributed by atoms with Crippen LogP contribution in [-0.4, -0.2) is 17.2 Å². The number of hydrogen-bond acceptors (Lipinski definition) is 3. The lowest BCUT2D eigenvalue weighted by Crippen LogP contribution is -2.31. The number of para-hydroxylation sites is 1. The second kappa shape index (κ2) is 6.46. The number of furan rings is 1. The van der Waals surface area contributed by atoms with Gasteiger partial charge in [-0.3, -0.25) is 0 Å². The first-order chi connectivity index (χ1) is 14.7. The van der Waals surface area contributed by atoms with E-state index in [4.69, 9.17) is 4.42 Å². The second-order valence-corrected chi connectivity index (χ2v) is 7.56. The normalized spacial score (nSPS) is 11.7. The van der Waals surface area contributed by atoms with Crippen LogP contribution in [0.25, 0.3) is 54.6 Å². The van der Waals surface area contributed by atoms with E-state index in [0.29, 0.717) is 5.46 Å². The molecule has 0 spiro atoms. The van der Waals surface area contributed by atoms with E-state index < -0.39 is 7.12 Å². The lowest BCUT2D eigenvalue weighted by Gasteiger charge is -2.17. The van der Waals surface area contributed by atoms with Gasteiger partial charge in [0.15, 0.2) is 0 Å². The van der Waals surface area contributed by atoms with Crippen LogP contribution in [0.4, 0.5) is 0 Å². The van der Waals surface area contributed by atoms with Crippen molar-refractivity contribution < 1.29 is 14.5 Å². The van der Waals surface area contributed by atoms with Gasteiger partial charge >= 0.3 is 7.12 Å². The van der Waals surface area contributed by atoms with Gasteiger partial charge in [0.1, 0.15) is 11.2 Å². The van der Waals surface area contributed by atoms with Crippen LogP contribution in [-0.2, 0) is 0 Å². The van der Waals surface area contributed by atoms with E-state index in [0.717, 1.165) is 54.6 Å². The largest absolute Gasteiger partial charge is 0.489 e. The molecule has 3 nitrogen and oxygen atoms in total. The zero-order chi connectivity index (χ0) is 20.2. The van der Waals surface area contributed by atoms with Crippen molar-refractivity contribution in [3.05, 3.63) is 91.0 Å². The molecule has 1 heterocycles. The predicted octanol–water partition coefficient (Wildman–Crippen LogP) is 5.24. The Hall–Kier alpha value is -3.60. The van der Waals surface area contributed by atoms with Crippen molar-refractivity contribution in [2.75, 3.05) is 0 Å². The summed E-state index contributed by atoms with van der Waals surface area (Å²) in [6.45, 7) is 0. The first-order valence-corrected chi connectivity index (χ1v) is 9.93. The number of fused-ring (bicyclic) bond motifs is 5. The number of benzene rings is 5. The predicted molar refractivity (Wildman–Crippen MR) is 124 cm³/mol. The molecular formula is C26H17BO3. The van der Waals surface area contributed by atoms with Crippen LogP contribution in [0.15, 0.2) is 95.4 Å². The summed E-state index contributed by atoms with van der Waals surface area (Å²) in [6, 6.07) is 30.1. The van der Waals surface area contributed by atoms with Gasteiger partial charge in [-0.25, -0.2) is 0 Å². The summed E-state index contributed by atoms with van der Waals surface area (Å²) in [7, 11) is -1.55. The van der Waals surface area contributed by atoms with E-state index in [1.165, 1.54) is 0 Å². The summed E-state index contributed by atoms with van der Waals surface area (Å²) < 4.78 is 6.00. The summed E-state index contributed by atoms with van der Waals surface area (Å²) in [5.41, 5.74) is 4.42. The monoisotopic (exact) mass is 388 g/mol. The Balaban J connectivity index is 1.78. The highest BCUT2D eigenvalue weighted by atomic mass is 16.4. The number of hydrogen-bond donors (Lipinski definition) is 2. The highest BCUT2D eigenvalue weighted by Gasteiger charge is 2.22. The minimum absolute atomic E-state index is 0.541. The molecule has 0 saturated carbocycles. The van der Waals surface area contributed by atoms with Gasteiger partial charge in [-0.2, -0.15) is 0 Å². The van der Waals surface area contributed by atoms with Gasteiger partial charge in [-0.1, -0.05) is 72.8 Å². The Bertz CT molecular complexity index is 1520. The van der Waals surface area contributed by atoms with E-state index in [1.54, 1.807) is 0 Å². The fourth-order valence-corrected chi connectivity index (χ4v) is 4.63. The molecule has 0 atom stereocenters. The first-order valence-electron chi connectivity index (χ1n) is 9.93. The Morgan fingerprint density at radius 1 is 0.533 bits per heavy atom. The molecule has 6 rings (SSSR count). The summed E-state index contributed by atoms with van der Waals surface area (Å²) in [6.07, 6.45) is 0. The minimum atomic E-state index is -1.55. The molecule has 30 heavy (non-hydrogen) atoms. The minimum Gasteiger partial charge on any atom is -0.456 e. The van der Waals surface area contributed by atoms with E-state index in [2.05, 4.69) is 18.2 Å². The van der Waals surface area contributed by atoms with Crippen LogP contribution in [0.3, 0.4) is 0 Å². The molecule has 5 aromatic carbocycles. The average Bonchev–Trinajstić information content (AvgIpc) is 3.15. The maximum absolute atomic E-state index is 10.2. The van der Waals surface area contributed by atoms with Crippen LogP contribution in [0.2, 0.25) is 0 Å². The molecule has 0 unspecified atom stereocenters. The van der Waals surface area contributed by atoms with Crippen LogP contribution >= 0.6 is 0 Å². The highest BCUT2D eigenvalue weighted by Crippen LogP contribution is 2.38. The van der Waals surface area contributed by atoms with Crippen LogP contribution in [0.5, 0.6) is 0 Å². The molecule has 0 aliphatic rings. The molecule has 0 bridgehead atoms. The van der Waals surface area contributed by atoms with E-state index >= 15 is 0 Å². The Kier molecular flexibility index (Phi) is 3.72.